The van der Waals surface area contributed by atoms with Gasteiger partial charge in [0.1, 0.15) is 0 Å². The van der Waals surface area contributed by atoms with Crippen molar-refractivity contribution in [3.63, 3.8) is 0 Å². The van der Waals surface area contributed by atoms with Gasteiger partial charge in [-0.2, -0.15) is 0 Å². The molecule has 1 amide bonds. The zero-order valence-electron chi connectivity index (χ0n) is 12.4. The third kappa shape index (κ3) is 4.34. The lowest BCUT2D eigenvalue weighted by atomic mass is 10.0. The second-order valence-electron chi connectivity index (χ2n) is 5.01. The van der Waals surface area contributed by atoms with E-state index in [0.717, 1.165) is 41.5 Å². The van der Waals surface area contributed by atoms with Crippen molar-refractivity contribution in [2.75, 3.05) is 13.1 Å². The third-order valence-corrected chi connectivity index (χ3v) is 4.31. The number of benzene rings is 1. The number of carbonyl (C=O) groups is 1. The van der Waals surface area contributed by atoms with E-state index in [0.29, 0.717) is 5.92 Å². The van der Waals surface area contributed by atoms with Gasteiger partial charge in [0.15, 0.2) is 0 Å². The highest BCUT2D eigenvalue weighted by molar-refractivity contribution is 9.10. The minimum Gasteiger partial charge on any atom is -0.339 e. The topological polar surface area (TPSA) is 20.3 Å². The van der Waals surface area contributed by atoms with Crippen LogP contribution in [-0.2, 0) is 0 Å². The molecule has 1 aromatic carbocycles. The third-order valence-electron chi connectivity index (χ3n) is 3.66. The molecule has 0 spiro atoms. The fraction of sp³-hybridized carbons (Fsp3) is 0.562. The Bertz CT molecular complexity index is 427. The summed E-state index contributed by atoms with van der Waals surface area (Å²) in [5.41, 5.74) is 1.92. The van der Waals surface area contributed by atoms with Crippen LogP contribution in [0.3, 0.4) is 0 Å². The molecule has 0 unspecified atom stereocenters. The van der Waals surface area contributed by atoms with Crippen LogP contribution in [-0.4, -0.2) is 23.9 Å². The van der Waals surface area contributed by atoms with E-state index in [-0.39, 0.29) is 5.91 Å². The number of nitrogens with zero attached hydrogens (tertiary/aromatic N) is 1. The maximum atomic E-state index is 12.6. The molecular formula is C16H24BrNO. The van der Waals surface area contributed by atoms with E-state index in [1.54, 1.807) is 0 Å². The number of hydrogen-bond acceptors (Lipinski definition) is 1. The molecule has 0 atom stereocenters. The highest BCUT2D eigenvalue weighted by atomic mass is 79.9. The first kappa shape index (κ1) is 16.2. The van der Waals surface area contributed by atoms with Gasteiger partial charge in [-0.1, -0.05) is 32.8 Å². The van der Waals surface area contributed by atoms with Crippen molar-refractivity contribution < 1.29 is 4.79 Å². The van der Waals surface area contributed by atoms with Crippen LogP contribution in [0.2, 0.25) is 0 Å². The first-order chi connectivity index (χ1) is 9.03. The van der Waals surface area contributed by atoms with Gasteiger partial charge in [0.2, 0.25) is 0 Å². The van der Waals surface area contributed by atoms with E-state index in [2.05, 4.69) is 29.8 Å². The van der Waals surface area contributed by atoms with Crippen molar-refractivity contribution in [2.45, 2.75) is 40.5 Å². The van der Waals surface area contributed by atoms with E-state index in [1.165, 1.54) is 0 Å². The maximum Gasteiger partial charge on any atom is 0.254 e. The molecule has 0 saturated carbocycles. The zero-order chi connectivity index (χ0) is 14.4. The summed E-state index contributed by atoms with van der Waals surface area (Å²) in [6, 6.07) is 5.90. The molecule has 1 aromatic rings. The molecule has 1 rings (SSSR count). The lowest BCUT2D eigenvalue weighted by Crippen LogP contribution is -2.35. The van der Waals surface area contributed by atoms with Gasteiger partial charge in [-0.3, -0.25) is 4.79 Å². The Morgan fingerprint density at radius 1 is 1.26 bits per heavy atom. The summed E-state index contributed by atoms with van der Waals surface area (Å²) in [4.78, 5) is 14.5. The largest absolute Gasteiger partial charge is 0.339 e. The second kappa shape index (κ2) is 7.68. The van der Waals surface area contributed by atoms with Crippen molar-refractivity contribution in [3.05, 3.63) is 33.8 Å². The summed E-state index contributed by atoms with van der Waals surface area (Å²) < 4.78 is 0.889. The van der Waals surface area contributed by atoms with Crippen LogP contribution >= 0.6 is 15.9 Å². The van der Waals surface area contributed by atoms with Crippen LogP contribution in [0.5, 0.6) is 0 Å². The average molecular weight is 326 g/mol. The summed E-state index contributed by atoms with van der Waals surface area (Å²) in [6.07, 6.45) is 2.24. The molecular weight excluding hydrogens is 302 g/mol. The maximum absolute atomic E-state index is 12.6. The summed E-state index contributed by atoms with van der Waals surface area (Å²) in [5.74, 6) is 0.717. The summed E-state index contributed by atoms with van der Waals surface area (Å²) in [5, 5.41) is 0. The SMILES string of the molecule is CCC(CC)CN(CC)C(=O)c1ccc(C)cc1Br. The van der Waals surface area contributed by atoms with Gasteiger partial charge in [-0.25, -0.2) is 0 Å². The zero-order valence-corrected chi connectivity index (χ0v) is 14.0. The first-order valence-electron chi connectivity index (χ1n) is 7.08. The van der Waals surface area contributed by atoms with Crippen LogP contribution in [0.4, 0.5) is 0 Å². The molecule has 0 bridgehead atoms. The highest BCUT2D eigenvalue weighted by Gasteiger charge is 2.19. The van der Waals surface area contributed by atoms with E-state index in [1.807, 2.05) is 36.9 Å². The number of hydrogen-bond donors (Lipinski definition) is 0. The molecule has 0 heterocycles. The first-order valence-corrected chi connectivity index (χ1v) is 7.88. The Hall–Kier alpha value is -0.830. The van der Waals surface area contributed by atoms with Crippen LogP contribution in [0, 0.1) is 12.8 Å². The standard InChI is InChI=1S/C16H24BrNO/c1-5-13(6-2)11-18(7-3)16(19)14-9-8-12(4)10-15(14)17/h8-10,13H,5-7,11H2,1-4H3. The number of carbonyl (C=O) groups excluding carboxylic acids is 1. The molecule has 2 nitrogen and oxygen atoms in total. The van der Waals surface area contributed by atoms with Crippen molar-refractivity contribution in [2.24, 2.45) is 5.92 Å². The molecule has 0 aliphatic carbocycles. The fourth-order valence-electron chi connectivity index (χ4n) is 2.18. The summed E-state index contributed by atoms with van der Waals surface area (Å²) >= 11 is 3.50. The van der Waals surface area contributed by atoms with E-state index in [9.17, 15) is 4.79 Å². The predicted molar refractivity (Wildman–Crippen MR) is 84.5 cm³/mol. The lowest BCUT2D eigenvalue weighted by molar-refractivity contribution is 0.0734. The lowest BCUT2D eigenvalue weighted by Gasteiger charge is -2.26. The summed E-state index contributed by atoms with van der Waals surface area (Å²) in [7, 11) is 0. The Morgan fingerprint density at radius 3 is 2.37 bits per heavy atom. The van der Waals surface area contributed by atoms with Gasteiger partial charge < -0.3 is 4.90 Å². The minimum absolute atomic E-state index is 0.126. The normalized spacial score (nSPS) is 10.8. The number of rotatable bonds is 6. The molecule has 3 heteroatoms. The van der Waals surface area contributed by atoms with E-state index < -0.39 is 0 Å². The molecule has 106 valence electrons. The predicted octanol–water partition coefficient (Wildman–Crippen LogP) is 4.66. The molecule has 0 saturated heterocycles. The Labute approximate surface area is 125 Å². The van der Waals surface area contributed by atoms with E-state index in [4.69, 9.17) is 0 Å². The number of aryl methyl sites for hydroxylation is 1. The molecule has 0 fully saturated rings. The van der Waals surface area contributed by atoms with Crippen LogP contribution in [0.1, 0.15) is 49.5 Å². The van der Waals surface area contributed by atoms with Crippen LogP contribution in [0.15, 0.2) is 22.7 Å². The van der Waals surface area contributed by atoms with Gasteiger partial charge in [0.25, 0.3) is 5.91 Å². The minimum atomic E-state index is 0.126. The Morgan fingerprint density at radius 2 is 1.89 bits per heavy atom. The number of amides is 1. The Balaban J connectivity index is 2.89. The summed E-state index contributed by atoms with van der Waals surface area (Å²) in [6.45, 7) is 10.1. The fourth-order valence-corrected chi connectivity index (χ4v) is 2.84. The smallest absolute Gasteiger partial charge is 0.254 e. The van der Waals surface area contributed by atoms with Gasteiger partial charge in [-0.05, 0) is 53.4 Å². The van der Waals surface area contributed by atoms with E-state index >= 15 is 0 Å². The monoisotopic (exact) mass is 325 g/mol. The van der Waals surface area contributed by atoms with Crippen molar-refractivity contribution in [1.29, 1.82) is 0 Å². The van der Waals surface area contributed by atoms with Gasteiger partial charge in [0, 0.05) is 17.6 Å². The van der Waals surface area contributed by atoms with Gasteiger partial charge in [0.05, 0.1) is 5.56 Å². The van der Waals surface area contributed by atoms with Crippen LogP contribution in [0.25, 0.3) is 0 Å². The Kier molecular flexibility index (Phi) is 6.56. The molecule has 0 aliphatic rings. The molecule has 19 heavy (non-hydrogen) atoms. The quantitative estimate of drug-likeness (QED) is 0.745. The average Bonchev–Trinajstić information content (AvgIpc) is 2.39. The van der Waals surface area contributed by atoms with Gasteiger partial charge in [-0.15, -0.1) is 0 Å². The van der Waals surface area contributed by atoms with Crippen LogP contribution < -0.4 is 0 Å². The van der Waals surface area contributed by atoms with Gasteiger partial charge >= 0.3 is 0 Å². The van der Waals surface area contributed by atoms with Crippen molar-refractivity contribution in [1.82, 2.24) is 4.90 Å². The second-order valence-corrected chi connectivity index (χ2v) is 5.86. The highest BCUT2D eigenvalue weighted by Crippen LogP contribution is 2.21. The van der Waals surface area contributed by atoms with Crippen molar-refractivity contribution in [3.8, 4) is 0 Å². The molecule has 0 radical (unpaired) electrons. The molecule has 0 aliphatic heterocycles. The van der Waals surface area contributed by atoms with Crippen molar-refractivity contribution >= 4 is 21.8 Å². The number of halogens is 1. The molecule has 0 aromatic heterocycles. The molecule has 0 N–H and O–H groups in total.